The van der Waals surface area contributed by atoms with Crippen LogP contribution in [-0.4, -0.2) is 49.2 Å². The fraction of sp³-hybridized carbons (Fsp3) is 0.529. The number of ether oxygens (including phenoxy) is 2. The van der Waals surface area contributed by atoms with Crippen molar-refractivity contribution in [3.05, 3.63) is 35.9 Å². The van der Waals surface area contributed by atoms with Crippen molar-refractivity contribution in [2.45, 2.75) is 37.5 Å². The highest BCUT2D eigenvalue weighted by Gasteiger charge is 2.50. The van der Waals surface area contributed by atoms with Crippen LogP contribution < -0.4 is 0 Å². The molecule has 1 aromatic carbocycles. The molecule has 0 N–H and O–H groups in total. The number of hydrogen-bond acceptors (Lipinski definition) is 5. The van der Waals surface area contributed by atoms with E-state index in [0.29, 0.717) is 18.0 Å². The number of benzene rings is 1. The average Bonchev–Trinajstić information content (AvgIpc) is 2.78. The maximum atomic E-state index is 12.3. The Morgan fingerprint density at radius 3 is 2.59 bits per heavy atom. The molecule has 0 radical (unpaired) electrons. The van der Waals surface area contributed by atoms with E-state index in [1.807, 2.05) is 13.1 Å². The van der Waals surface area contributed by atoms with E-state index in [9.17, 15) is 9.59 Å². The monoisotopic (exact) mass is 303 g/mol. The molecule has 3 unspecified atom stereocenters. The first kappa shape index (κ1) is 15.0. The summed E-state index contributed by atoms with van der Waals surface area (Å²) in [5, 5.41) is 0. The van der Waals surface area contributed by atoms with E-state index >= 15 is 0 Å². The molecule has 5 nitrogen and oxygen atoms in total. The van der Waals surface area contributed by atoms with Gasteiger partial charge in [-0.25, -0.2) is 4.79 Å². The summed E-state index contributed by atoms with van der Waals surface area (Å²) >= 11 is 0. The maximum Gasteiger partial charge on any atom is 0.338 e. The van der Waals surface area contributed by atoms with Crippen molar-refractivity contribution in [3.8, 4) is 0 Å². The molecule has 118 valence electrons. The lowest BCUT2D eigenvalue weighted by Gasteiger charge is -2.40. The normalized spacial score (nSPS) is 30.8. The lowest BCUT2D eigenvalue weighted by atomic mass is 9.87. The van der Waals surface area contributed by atoms with Crippen LogP contribution in [0.15, 0.2) is 30.3 Å². The van der Waals surface area contributed by atoms with Crippen LogP contribution in [0.1, 0.15) is 29.6 Å². The fourth-order valence-corrected chi connectivity index (χ4v) is 3.77. The molecule has 22 heavy (non-hydrogen) atoms. The molecule has 0 saturated carbocycles. The van der Waals surface area contributed by atoms with Crippen molar-refractivity contribution < 1.29 is 19.1 Å². The van der Waals surface area contributed by atoms with Gasteiger partial charge in [0.05, 0.1) is 12.7 Å². The minimum absolute atomic E-state index is 0.0970. The van der Waals surface area contributed by atoms with Crippen LogP contribution in [0.4, 0.5) is 0 Å². The van der Waals surface area contributed by atoms with E-state index in [-0.39, 0.29) is 18.0 Å². The number of hydrogen-bond donors (Lipinski definition) is 0. The zero-order chi connectivity index (χ0) is 15.7. The van der Waals surface area contributed by atoms with Gasteiger partial charge in [0, 0.05) is 18.5 Å². The summed E-state index contributed by atoms with van der Waals surface area (Å²) in [5.74, 6) is -1.06. The number of fused-ring (bicyclic) bond motifs is 2. The summed E-state index contributed by atoms with van der Waals surface area (Å²) in [7, 11) is 3.42. The lowest BCUT2D eigenvalue weighted by molar-refractivity contribution is -0.156. The van der Waals surface area contributed by atoms with Crippen molar-refractivity contribution in [2.24, 2.45) is 5.92 Å². The van der Waals surface area contributed by atoms with Gasteiger partial charge in [0.2, 0.25) is 0 Å². The first-order chi connectivity index (χ1) is 10.6. The Labute approximate surface area is 130 Å². The van der Waals surface area contributed by atoms with E-state index in [1.54, 1.807) is 24.3 Å². The smallest absolute Gasteiger partial charge is 0.338 e. The zero-order valence-electron chi connectivity index (χ0n) is 12.9. The predicted octanol–water partition coefficient (Wildman–Crippen LogP) is 1.87. The van der Waals surface area contributed by atoms with E-state index in [4.69, 9.17) is 9.47 Å². The Morgan fingerprint density at radius 1 is 1.18 bits per heavy atom. The van der Waals surface area contributed by atoms with Crippen LogP contribution in [0.3, 0.4) is 0 Å². The number of esters is 2. The standard InChI is InChI=1S/C17H21NO4/c1-18-12-8-9-13(18)15(17(20)21-2)14(10-12)22-16(19)11-6-4-3-5-7-11/h3-7,12-15H,8-10H2,1-2H3/t12?,13-,14?,15?/m1/s1. The van der Waals surface area contributed by atoms with Crippen LogP contribution in [-0.2, 0) is 14.3 Å². The van der Waals surface area contributed by atoms with Crippen molar-refractivity contribution in [1.82, 2.24) is 4.90 Å². The van der Waals surface area contributed by atoms with Crippen LogP contribution in [0.25, 0.3) is 0 Å². The molecule has 2 fully saturated rings. The molecular formula is C17H21NO4. The van der Waals surface area contributed by atoms with E-state index < -0.39 is 12.0 Å². The van der Waals surface area contributed by atoms with Gasteiger partial charge in [0.15, 0.2) is 0 Å². The van der Waals surface area contributed by atoms with E-state index in [0.717, 1.165) is 12.8 Å². The third-order valence-corrected chi connectivity index (χ3v) is 4.96. The predicted molar refractivity (Wildman–Crippen MR) is 80.3 cm³/mol. The van der Waals surface area contributed by atoms with Gasteiger partial charge in [-0.1, -0.05) is 18.2 Å². The van der Waals surface area contributed by atoms with Crippen LogP contribution in [0, 0.1) is 5.92 Å². The molecule has 2 heterocycles. The summed E-state index contributed by atoms with van der Waals surface area (Å²) in [6, 6.07) is 9.36. The number of nitrogens with zero attached hydrogens (tertiary/aromatic N) is 1. The third kappa shape index (κ3) is 2.61. The summed E-state index contributed by atoms with van der Waals surface area (Å²) in [5.41, 5.74) is 0.511. The number of methoxy groups -OCH3 is 1. The highest BCUT2D eigenvalue weighted by Crippen LogP contribution is 2.40. The van der Waals surface area contributed by atoms with Crippen molar-refractivity contribution in [1.29, 1.82) is 0 Å². The van der Waals surface area contributed by atoms with Gasteiger partial charge in [-0.3, -0.25) is 9.69 Å². The first-order valence-corrected chi connectivity index (χ1v) is 7.67. The minimum atomic E-state index is -0.408. The fourth-order valence-electron chi connectivity index (χ4n) is 3.77. The molecule has 3 rings (SSSR count). The molecule has 2 bridgehead atoms. The maximum absolute atomic E-state index is 12.3. The average molecular weight is 303 g/mol. The van der Waals surface area contributed by atoms with Crippen LogP contribution in [0.2, 0.25) is 0 Å². The highest BCUT2D eigenvalue weighted by atomic mass is 16.6. The van der Waals surface area contributed by atoms with Crippen LogP contribution in [0.5, 0.6) is 0 Å². The van der Waals surface area contributed by atoms with E-state index in [1.165, 1.54) is 7.11 Å². The van der Waals surface area contributed by atoms with E-state index in [2.05, 4.69) is 4.90 Å². The Bertz CT molecular complexity index is 559. The molecule has 0 aliphatic carbocycles. The van der Waals surface area contributed by atoms with Crippen molar-refractivity contribution >= 4 is 11.9 Å². The molecule has 1 aromatic rings. The Kier molecular flexibility index (Phi) is 4.16. The summed E-state index contributed by atoms with van der Waals surface area (Å²) < 4.78 is 10.6. The molecule has 0 spiro atoms. The molecule has 0 aromatic heterocycles. The number of rotatable bonds is 3. The largest absolute Gasteiger partial charge is 0.469 e. The molecule has 2 saturated heterocycles. The second kappa shape index (κ2) is 6.08. The van der Waals surface area contributed by atoms with Gasteiger partial charge in [0.1, 0.15) is 12.0 Å². The molecule has 5 heteroatoms. The lowest BCUT2D eigenvalue weighted by Crippen LogP contribution is -2.53. The van der Waals surface area contributed by atoms with Gasteiger partial charge < -0.3 is 9.47 Å². The van der Waals surface area contributed by atoms with Crippen LogP contribution >= 0.6 is 0 Å². The Balaban J connectivity index is 1.79. The minimum Gasteiger partial charge on any atom is -0.469 e. The summed E-state index contributed by atoms with van der Waals surface area (Å²) in [6.45, 7) is 0. The topological polar surface area (TPSA) is 55.8 Å². The first-order valence-electron chi connectivity index (χ1n) is 7.67. The zero-order valence-corrected chi connectivity index (χ0v) is 12.9. The number of carbonyl (C=O) groups excluding carboxylic acids is 2. The molecule has 2 aliphatic rings. The molecular weight excluding hydrogens is 282 g/mol. The van der Waals surface area contributed by atoms with Gasteiger partial charge in [-0.05, 0) is 32.0 Å². The second-order valence-corrected chi connectivity index (χ2v) is 6.06. The highest BCUT2D eigenvalue weighted by molar-refractivity contribution is 5.89. The third-order valence-electron chi connectivity index (χ3n) is 4.96. The van der Waals surface area contributed by atoms with Gasteiger partial charge in [0.25, 0.3) is 0 Å². The molecule has 2 aliphatic heterocycles. The molecule has 0 amide bonds. The summed E-state index contributed by atoms with van der Waals surface area (Å²) in [4.78, 5) is 26.7. The van der Waals surface area contributed by atoms with Gasteiger partial charge in [-0.15, -0.1) is 0 Å². The Morgan fingerprint density at radius 2 is 1.91 bits per heavy atom. The SMILES string of the molecule is COC(=O)C1C(OC(=O)c2ccccc2)CC2CC[C@H]1N2C. The Hall–Kier alpha value is -1.88. The van der Waals surface area contributed by atoms with Gasteiger partial charge in [-0.2, -0.15) is 0 Å². The number of carbonyl (C=O) groups is 2. The van der Waals surface area contributed by atoms with Crippen molar-refractivity contribution in [3.63, 3.8) is 0 Å². The van der Waals surface area contributed by atoms with Crippen molar-refractivity contribution in [2.75, 3.05) is 14.2 Å². The quantitative estimate of drug-likeness (QED) is 0.798. The second-order valence-electron chi connectivity index (χ2n) is 6.06. The summed E-state index contributed by atoms with van der Waals surface area (Å²) in [6.07, 6.45) is 2.26. The number of piperidine rings is 1. The molecule has 4 atom stereocenters. The van der Waals surface area contributed by atoms with Gasteiger partial charge >= 0.3 is 11.9 Å².